The van der Waals surface area contributed by atoms with Gasteiger partial charge in [0.2, 0.25) is 5.91 Å². The lowest BCUT2D eigenvalue weighted by Gasteiger charge is -2.32. The van der Waals surface area contributed by atoms with Crippen LogP contribution in [0.1, 0.15) is 28.8 Å². The summed E-state index contributed by atoms with van der Waals surface area (Å²) in [5.74, 6) is -0.205. The molecule has 2 fully saturated rings. The Morgan fingerprint density at radius 2 is 2.04 bits per heavy atom. The largest absolute Gasteiger partial charge is 0.337 e. The van der Waals surface area contributed by atoms with Crippen LogP contribution < -0.4 is 10.6 Å². The molecule has 0 saturated carbocycles. The summed E-state index contributed by atoms with van der Waals surface area (Å²) in [5.41, 5.74) is 1.45. The molecule has 2 aliphatic rings. The predicted octanol–water partition coefficient (Wildman–Crippen LogP) is 0.562. The average Bonchev–Trinajstić information content (AvgIpc) is 2.94. The van der Waals surface area contributed by atoms with Crippen LogP contribution in [0.15, 0.2) is 24.3 Å². The predicted molar refractivity (Wildman–Crippen MR) is 88.4 cm³/mol. The van der Waals surface area contributed by atoms with Crippen molar-refractivity contribution < 1.29 is 14.4 Å². The Labute approximate surface area is 141 Å². The quantitative estimate of drug-likeness (QED) is 0.791. The highest BCUT2D eigenvalue weighted by Gasteiger charge is 2.28. The minimum Gasteiger partial charge on any atom is -0.337 e. The van der Waals surface area contributed by atoms with Crippen LogP contribution >= 0.6 is 0 Å². The molecule has 3 rings (SSSR count). The number of rotatable bonds is 4. The van der Waals surface area contributed by atoms with Gasteiger partial charge in [0.15, 0.2) is 0 Å². The number of piperidine rings is 1. The fourth-order valence-corrected chi connectivity index (χ4v) is 3.13. The van der Waals surface area contributed by atoms with E-state index in [2.05, 4.69) is 10.6 Å². The average molecular weight is 330 g/mol. The van der Waals surface area contributed by atoms with Crippen molar-refractivity contribution in [2.75, 3.05) is 26.7 Å². The molecule has 7 heteroatoms. The van der Waals surface area contributed by atoms with Crippen molar-refractivity contribution in [2.24, 2.45) is 0 Å². The lowest BCUT2D eigenvalue weighted by atomic mass is 10.0. The molecular weight excluding hydrogens is 308 g/mol. The Morgan fingerprint density at radius 3 is 2.67 bits per heavy atom. The van der Waals surface area contributed by atoms with Crippen LogP contribution in [0.4, 0.5) is 4.79 Å². The minimum absolute atomic E-state index is 0.0245. The first-order valence-corrected chi connectivity index (χ1v) is 8.22. The molecule has 128 valence electrons. The Hall–Kier alpha value is -2.41. The number of urea groups is 1. The molecule has 0 aromatic heterocycles. The number of benzene rings is 1. The first kappa shape index (κ1) is 16.4. The van der Waals surface area contributed by atoms with E-state index in [1.807, 2.05) is 11.9 Å². The zero-order valence-electron chi connectivity index (χ0n) is 13.7. The van der Waals surface area contributed by atoms with Crippen LogP contribution in [-0.2, 0) is 11.3 Å². The SMILES string of the molecule is CNC1CCCN(C(=O)c2ccc(CN3C(=O)CNC3=O)cc2)C1. The van der Waals surface area contributed by atoms with Crippen molar-refractivity contribution in [2.45, 2.75) is 25.4 Å². The minimum atomic E-state index is -0.369. The smallest absolute Gasteiger partial charge is 0.324 e. The Morgan fingerprint density at radius 1 is 1.29 bits per heavy atom. The van der Waals surface area contributed by atoms with E-state index in [9.17, 15) is 14.4 Å². The number of carbonyl (C=O) groups excluding carboxylic acids is 3. The van der Waals surface area contributed by atoms with Gasteiger partial charge >= 0.3 is 6.03 Å². The fraction of sp³-hybridized carbons (Fsp3) is 0.471. The summed E-state index contributed by atoms with van der Waals surface area (Å²) in [7, 11) is 1.92. The number of nitrogens with one attached hydrogen (secondary N) is 2. The molecule has 0 spiro atoms. The van der Waals surface area contributed by atoms with Gasteiger partial charge in [-0.2, -0.15) is 0 Å². The summed E-state index contributed by atoms with van der Waals surface area (Å²) in [4.78, 5) is 38.8. The molecule has 2 N–H and O–H groups in total. The van der Waals surface area contributed by atoms with Crippen molar-refractivity contribution in [3.05, 3.63) is 35.4 Å². The van der Waals surface area contributed by atoms with Gasteiger partial charge < -0.3 is 15.5 Å². The topological polar surface area (TPSA) is 81.8 Å². The Balaban J connectivity index is 1.64. The van der Waals surface area contributed by atoms with E-state index in [0.717, 1.165) is 31.5 Å². The molecule has 0 aliphatic carbocycles. The lowest BCUT2D eigenvalue weighted by molar-refractivity contribution is -0.125. The second-order valence-corrected chi connectivity index (χ2v) is 6.21. The molecule has 2 heterocycles. The normalized spacial score (nSPS) is 21.1. The molecule has 1 unspecified atom stereocenters. The fourth-order valence-electron chi connectivity index (χ4n) is 3.13. The molecular formula is C17H22N4O3. The Kier molecular flexibility index (Phi) is 4.80. The third-order valence-electron chi connectivity index (χ3n) is 4.60. The van der Waals surface area contributed by atoms with E-state index >= 15 is 0 Å². The standard InChI is InChI=1S/C17H22N4O3/c1-18-14-3-2-8-20(11-14)16(23)13-6-4-12(5-7-13)10-21-15(22)9-19-17(21)24/h4-7,14,18H,2-3,8-11H2,1H3,(H,19,24). The van der Waals surface area contributed by atoms with Crippen LogP contribution in [0, 0.1) is 0 Å². The van der Waals surface area contributed by atoms with E-state index in [0.29, 0.717) is 11.6 Å². The Bertz CT molecular complexity index is 628. The number of hydrogen-bond donors (Lipinski definition) is 2. The summed E-state index contributed by atoms with van der Waals surface area (Å²) < 4.78 is 0. The summed E-state index contributed by atoms with van der Waals surface area (Å²) in [6, 6.07) is 7.10. The summed E-state index contributed by atoms with van der Waals surface area (Å²) in [6.45, 7) is 1.78. The lowest BCUT2D eigenvalue weighted by Crippen LogP contribution is -2.46. The van der Waals surface area contributed by atoms with Crippen molar-refractivity contribution in [1.82, 2.24) is 20.4 Å². The van der Waals surface area contributed by atoms with Gasteiger partial charge in [0.25, 0.3) is 5.91 Å². The monoisotopic (exact) mass is 330 g/mol. The molecule has 1 aromatic carbocycles. The third-order valence-corrected chi connectivity index (χ3v) is 4.60. The molecule has 2 saturated heterocycles. The number of amides is 4. The van der Waals surface area contributed by atoms with Crippen LogP contribution in [0.3, 0.4) is 0 Å². The molecule has 1 atom stereocenters. The maximum Gasteiger partial charge on any atom is 0.324 e. The molecule has 1 aromatic rings. The van der Waals surface area contributed by atoms with E-state index in [4.69, 9.17) is 0 Å². The maximum absolute atomic E-state index is 12.6. The van der Waals surface area contributed by atoms with E-state index in [1.54, 1.807) is 24.3 Å². The van der Waals surface area contributed by atoms with Crippen LogP contribution in [0.25, 0.3) is 0 Å². The first-order chi connectivity index (χ1) is 11.6. The van der Waals surface area contributed by atoms with E-state index in [1.165, 1.54) is 4.90 Å². The second-order valence-electron chi connectivity index (χ2n) is 6.21. The number of imide groups is 1. The highest BCUT2D eigenvalue weighted by Crippen LogP contribution is 2.15. The van der Waals surface area contributed by atoms with Gasteiger partial charge in [0.1, 0.15) is 0 Å². The zero-order valence-corrected chi connectivity index (χ0v) is 13.7. The van der Waals surface area contributed by atoms with Crippen molar-refractivity contribution in [3.63, 3.8) is 0 Å². The van der Waals surface area contributed by atoms with Gasteiger partial charge in [-0.05, 0) is 37.6 Å². The summed E-state index contributed by atoms with van der Waals surface area (Å²) in [6.07, 6.45) is 2.09. The number of hydrogen-bond acceptors (Lipinski definition) is 4. The van der Waals surface area contributed by atoms with Crippen LogP contribution in [0.5, 0.6) is 0 Å². The molecule has 0 radical (unpaired) electrons. The van der Waals surface area contributed by atoms with Gasteiger partial charge in [0.05, 0.1) is 13.1 Å². The first-order valence-electron chi connectivity index (χ1n) is 8.22. The van der Waals surface area contributed by atoms with Crippen molar-refractivity contribution in [3.8, 4) is 0 Å². The van der Waals surface area contributed by atoms with Gasteiger partial charge in [-0.25, -0.2) is 4.79 Å². The molecule has 0 bridgehead atoms. The van der Waals surface area contributed by atoms with Crippen LogP contribution in [0.2, 0.25) is 0 Å². The van der Waals surface area contributed by atoms with E-state index < -0.39 is 0 Å². The van der Waals surface area contributed by atoms with Crippen LogP contribution in [-0.4, -0.2) is 60.4 Å². The summed E-state index contributed by atoms with van der Waals surface area (Å²) in [5, 5.41) is 5.72. The highest BCUT2D eigenvalue weighted by atomic mass is 16.2. The number of likely N-dealkylation sites (N-methyl/N-ethyl adjacent to an activating group) is 1. The van der Waals surface area contributed by atoms with Crippen molar-refractivity contribution in [1.29, 1.82) is 0 Å². The number of likely N-dealkylation sites (tertiary alicyclic amines) is 1. The maximum atomic E-state index is 12.6. The molecule has 2 aliphatic heterocycles. The van der Waals surface area contributed by atoms with Crippen molar-refractivity contribution >= 4 is 17.8 Å². The number of nitrogens with zero attached hydrogens (tertiary/aromatic N) is 2. The second kappa shape index (κ2) is 7.00. The van der Waals surface area contributed by atoms with Gasteiger partial charge in [-0.1, -0.05) is 12.1 Å². The number of carbonyl (C=O) groups is 3. The van der Waals surface area contributed by atoms with Gasteiger partial charge in [-0.3, -0.25) is 14.5 Å². The molecule has 4 amide bonds. The van der Waals surface area contributed by atoms with Gasteiger partial charge in [-0.15, -0.1) is 0 Å². The summed E-state index contributed by atoms with van der Waals surface area (Å²) >= 11 is 0. The van der Waals surface area contributed by atoms with Gasteiger partial charge in [0, 0.05) is 24.7 Å². The van der Waals surface area contributed by atoms with E-state index in [-0.39, 0.29) is 30.9 Å². The third kappa shape index (κ3) is 3.41. The zero-order chi connectivity index (χ0) is 17.1. The highest BCUT2D eigenvalue weighted by molar-refractivity contribution is 6.01. The molecule has 7 nitrogen and oxygen atoms in total. The molecule has 24 heavy (non-hydrogen) atoms.